The third-order valence-electron chi connectivity index (χ3n) is 5.57. The normalized spacial score (nSPS) is 31.2. The van der Waals surface area contributed by atoms with Gasteiger partial charge in [0.25, 0.3) is 0 Å². The van der Waals surface area contributed by atoms with Crippen LogP contribution in [0.15, 0.2) is 11.6 Å². The number of nitrogens with zero attached hydrogens (tertiary/aromatic N) is 3. The highest BCUT2D eigenvalue weighted by molar-refractivity contribution is 7.13. The molecule has 0 saturated carbocycles. The van der Waals surface area contributed by atoms with Gasteiger partial charge in [0, 0.05) is 56.3 Å². The summed E-state index contributed by atoms with van der Waals surface area (Å²) in [5.74, 6) is 0.969. The zero-order valence-corrected chi connectivity index (χ0v) is 14.4. The van der Waals surface area contributed by atoms with Crippen molar-refractivity contribution in [2.24, 2.45) is 5.92 Å². The van der Waals surface area contributed by atoms with Gasteiger partial charge in [-0.15, -0.1) is 11.3 Å². The van der Waals surface area contributed by atoms with Crippen LogP contribution in [0, 0.1) is 5.92 Å². The molecule has 0 aromatic carbocycles. The summed E-state index contributed by atoms with van der Waals surface area (Å²) in [5.41, 5.74) is 0. The van der Waals surface area contributed by atoms with Crippen LogP contribution in [0.1, 0.15) is 38.5 Å². The van der Waals surface area contributed by atoms with Crippen LogP contribution in [0.4, 0.5) is 5.13 Å². The molecule has 5 nitrogen and oxygen atoms in total. The van der Waals surface area contributed by atoms with Gasteiger partial charge in [-0.2, -0.15) is 0 Å². The molecule has 2 atom stereocenters. The molecule has 1 N–H and O–H groups in total. The van der Waals surface area contributed by atoms with E-state index in [0.29, 0.717) is 23.9 Å². The van der Waals surface area contributed by atoms with Crippen molar-refractivity contribution in [3.63, 3.8) is 0 Å². The van der Waals surface area contributed by atoms with E-state index in [0.717, 1.165) is 44.2 Å². The van der Waals surface area contributed by atoms with Gasteiger partial charge in [0.05, 0.1) is 0 Å². The van der Waals surface area contributed by atoms with Crippen molar-refractivity contribution in [3.05, 3.63) is 11.6 Å². The van der Waals surface area contributed by atoms with E-state index >= 15 is 0 Å². The maximum absolute atomic E-state index is 12.7. The SMILES string of the molecule is O=C(CC1CC2CCC(C1)N2)N1CCCN(c2nccs2)CC1. The molecular weight excluding hydrogens is 308 g/mol. The van der Waals surface area contributed by atoms with Crippen molar-refractivity contribution in [3.8, 4) is 0 Å². The van der Waals surface area contributed by atoms with Crippen LogP contribution in [0.5, 0.6) is 0 Å². The number of piperidine rings is 1. The zero-order chi connectivity index (χ0) is 15.6. The average molecular weight is 334 g/mol. The Hall–Kier alpha value is -1.14. The predicted molar refractivity (Wildman–Crippen MR) is 92.8 cm³/mol. The maximum Gasteiger partial charge on any atom is 0.222 e. The third kappa shape index (κ3) is 3.53. The fourth-order valence-electron chi connectivity index (χ4n) is 4.45. The van der Waals surface area contributed by atoms with E-state index in [1.165, 1.54) is 25.7 Å². The van der Waals surface area contributed by atoms with Gasteiger partial charge in [-0.1, -0.05) is 0 Å². The summed E-state index contributed by atoms with van der Waals surface area (Å²) in [7, 11) is 0. The minimum Gasteiger partial charge on any atom is -0.346 e. The molecule has 3 saturated heterocycles. The number of aromatic nitrogens is 1. The Labute approximate surface area is 142 Å². The lowest BCUT2D eigenvalue weighted by Crippen LogP contribution is -2.41. The van der Waals surface area contributed by atoms with E-state index in [-0.39, 0.29) is 0 Å². The second-order valence-corrected chi connectivity index (χ2v) is 8.09. The Balaban J connectivity index is 1.30. The first kappa shape index (κ1) is 15.4. The van der Waals surface area contributed by atoms with Crippen molar-refractivity contribution in [2.75, 3.05) is 31.1 Å². The minimum atomic E-state index is 0.372. The Morgan fingerprint density at radius 3 is 2.78 bits per heavy atom. The topological polar surface area (TPSA) is 48.5 Å². The highest BCUT2D eigenvalue weighted by atomic mass is 32.1. The van der Waals surface area contributed by atoms with Gasteiger partial charge in [0.15, 0.2) is 5.13 Å². The molecule has 2 unspecified atom stereocenters. The number of rotatable bonds is 3. The highest BCUT2D eigenvalue weighted by Gasteiger charge is 2.35. The van der Waals surface area contributed by atoms with Gasteiger partial charge < -0.3 is 15.1 Å². The van der Waals surface area contributed by atoms with Crippen molar-refractivity contribution in [2.45, 2.75) is 50.6 Å². The molecule has 3 fully saturated rings. The van der Waals surface area contributed by atoms with E-state index in [1.54, 1.807) is 11.3 Å². The minimum absolute atomic E-state index is 0.372. The van der Waals surface area contributed by atoms with Gasteiger partial charge >= 0.3 is 0 Å². The second kappa shape index (κ2) is 6.77. The number of amides is 1. The highest BCUT2D eigenvalue weighted by Crippen LogP contribution is 2.33. The molecule has 1 amide bonds. The molecule has 1 aromatic heterocycles. The average Bonchev–Trinajstić information content (AvgIpc) is 3.11. The Kier molecular flexibility index (Phi) is 4.53. The van der Waals surface area contributed by atoms with Crippen LogP contribution in [0.3, 0.4) is 0 Å². The predicted octanol–water partition coefficient (Wildman–Crippen LogP) is 2.10. The number of anilines is 1. The van der Waals surface area contributed by atoms with Crippen molar-refractivity contribution < 1.29 is 4.79 Å². The molecule has 3 aliphatic rings. The molecule has 23 heavy (non-hydrogen) atoms. The van der Waals surface area contributed by atoms with E-state index < -0.39 is 0 Å². The molecular formula is C17H26N4OS. The molecule has 0 spiro atoms. The second-order valence-electron chi connectivity index (χ2n) is 7.22. The number of carbonyl (C=O) groups is 1. The summed E-state index contributed by atoms with van der Waals surface area (Å²) in [6.07, 6.45) is 8.67. The van der Waals surface area contributed by atoms with Crippen LogP contribution >= 0.6 is 11.3 Å². The fourth-order valence-corrected chi connectivity index (χ4v) is 5.14. The van der Waals surface area contributed by atoms with E-state index in [1.807, 2.05) is 11.6 Å². The number of fused-ring (bicyclic) bond motifs is 2. The first-order chi connectivity index (χ1) is 11.3. The number of carbonyl (C=O) groups excluding carboxylic acids is 1. The standard InChI is InChI=1S/C17H26N4OS/c22-16(12-13-10-14-2-3-15(11-13)19-14)20-5-1-6-21(8-7-20)17-18-4-9-23-17/h4,9,13-15,19H,1-3,5-8,10-12H2. The summed E-state index contributed by atoms with van der Waals surface area (Å²) in [5, 5.41) is 6.78. The zero-order valence-electron chi connectivity index (χ0n) is 13.6. The van der Waals surface area contributed by atoms with Gasteiger partial charge in [-0.05, 0) is 38.0 Å². The molecule has 4 heterocycles. The Morgan fingerprint density at radius 2 is 2.04 bits per heavy atom. The van der Waals surface area contributed by atoms with Crippen LogP contribution in [-0.4, -0.2) is 54.1 Å². The third-order valence-corrected chi connectivity index (χ3v) is 6.40. The fraction of sp³-hybridized carbons (Fsp3) is 0.765. The summed E-state index contributed by atoms with van der Waals surface area (Å²) in [4.78, 5) is 21.5. The summed E-state index contributed by atoms with van der Waals surface area (Å²) in [6, 6.07) is 1.35. The summed E-state index contributed by atoms with van der Waals surface area (Å²) in [6.45, 7) is 3.67. The van der Waals surface area contributed by atoms with Gasteiger partial charge in [0.1, 0.15) is 0 Å². The molecule has 4 rings (SSSR count). The van der Waals surface area contributed by atoms with E-state index in [2.05, 4.69) is 20.1 Å². The molecule has 0 aliphatic carbocycles. The van der Waals surface area contributed by atoms with E-state index in [4.69, 9.17) is 0 Å². The lowest BCUT2D eigenvalue weighted by molar-refractivity contribution is -0.132. The Morgan fingerprint density at radius 1 is 1.22 bits per heavy atom. The molecule has 3 aliphatic heterocycles. The van der Waals surface area contributed by atoms with Crippen molar-refractivity contribution >= 4 is 22.4 Å². The maximum atomic E-state index is 12.7. The molecule has 2 bridgehead atoms. The van der Waals surface area contributed by atoms with Gasteiger partial charge in [-0.3, -0.25) is 4.79 Å². The van der Waals surface area contributed by atoms with Crippen LogP contribution in [-0.2, 0) is 4.79 Å². The monoisotopic (exact) mass is 334 g/mol. The lowest BCUT2D eigenvalue weighted by Gasteiger charge is -2.30. The summed E-state index contributed by atoms with van der Waals surface area (Å²) < 4.78 is 0. The first-order valence-corrected chi connectivity index (χ1v) is 9.84. The number of nitrogens with one attached hydrogen (secondary N) is 1. The largest absolute Gasteiger partial charge is 0.346 e. The van der Waals surface area contributed by atoms with Crippen LogP contribution in [0.25, 0.3) is 0 Å². The van der Waals surface area contributed by atoms with Crippen molar-refractivity contribution in [1.82, 2.24) is 15.2 Å². The van der Waals surface area contributed by atoms with Crippen LogP contribution < -0.4 is 10.2 Å². The molecule has 6 heteroatoms. The quantitative estimate of drug-likeness (QED) is 0.920. The summed E-state index contributed by atoms with van der Waals surface area (Å²) >= 11 is 1.69. The smallest absolute Gasteiger partial charge is 0.222 e. The number of hydrogen-bond donors (Lipinski definition) is 1. The molecule has 1 aromatic rings. The molecule has 0 radical (unpaired) electrons. The number of thiazole rings is 1. The van der Waals surface area contributed by atoms with Crippen molar-refractivity contribution in [1.29, 1.82) is 0 Å². The number of hydrogen-bond acceptors (Lipinski definition) is 5. The van der Waals surface area contributed by atoms with Gasteiger partial charge in [-0.25, -0.2) is 4.98 Å². The first-order valence-electron chi connectivity index (χ1n) is 8.96. The van der Waals surface area contributed by atoms with E-state index in [9.17, 15) is 4.79 Å². The van der Waals surface area contributed by atoms with Gasteiger partial charge in [0.2, 0.25) is 5.91 Å². The Bertz CT molecular complexity index is 523. The lowest BCUT2D eigenvalue weighted by atomic mass is 9.89. The molecule has 126 valence electrons. The van der Waals surface area contributed by atoms with Crippen LogP contribution in [0.2, 0.25) is 0 Å².